The fraction of sp³-hybridized carbons (Fsp3) is 0.571. The van der Waals surface area contributed by atoms with Gasteiger partial charge in [-0.1, -0.05) is 6.07 Å². The van der Waals surface area contributed by atoms with Gasteiger partial charge in [-0.2, -0.15) is 0 Å². The van der Waals surface area contributed by atoms with Gasteiger partial charge in [0.2, 0.25) is 0 Å². The summed E-state index contributed by atoms with van der Waals surface area (Å²) in [5, 5.41) is 0.479. The molecule has 1 atom stereocenters. The lowest BCUT2D eigenvalue weighted by atomic mass is 10.1. The van der Waals surface area contributed by atoms with Gasteiger partial charge in [-0.05, 0) is 43.9 Å². The standard InChI is InChI=1S/C14H20FNOS/c1-10(16)8-11-2-3-14(13(15)9-11)18-12-4-6-17-7-5-12/h2-3,9-10,12H,4-8,16H2,1H3. The maximum absolute atomic E-state index is 14.0. The molecular weight excluding hydrogens is 249 g/mol. The zero-order chi connectivity index (χ0) is 13.0. The Kier molecular flexibility index (Phi) is 5.03. The molecule has 4 heteroatoms. The van der Waals surface area contributed by atoms with Gasteiger partial charge in [-0.3, -0.25) is 0 Å². The minimum atomic E-state index is -0.121. The summed E-state index contributed by atoms with van der Waals surface area (Å²) in [6, 6.07) is 5.55. The molecule has 1 heterocycles. The summed E-state index contributed by atoms with van der Waals surface area (Å²) in [6.45, 7) is 3.52. The molecule has 0 bridgehead atoms. The highest BCUT2D eigenvalue weighted by molar-refractivity contribution is 8.00. The van der Waals surface area contributed by atoms with E-state index in [1.165, 1.54) is 0 Å². The number of ether oxygens (including phenoxy) is 1. The van der Waals surface area contributed by atoms with Crippen LogP contribution in [0.25, 0.3) is 0 Å². The molecule has 0 spiro atoms. The number of nitrogens with two attached hydrogens (primary N) is 1. The highest BCUT2D eigenvalue weighted by Gasteiger charge is 2.17. The van der Waals surface area contributed by atoms with E-state index < -0.39 is 0 Å². The van der Waals surface area contributed by atoms with Gasteiger partial charge in [0.15, 0.2) is 0 Å². The van der Waals surface area contributed by atoms with E-state index in [1.54, 1.807) is 17.8 Å². The van der Waals surface area contributed by atoms with E-state index in [4.69, 9.17) is 10.5 Å². The molecular formula is C14H20FNOS. The third-order valence-electron chi connectivity index (χ3n) is 3.02. The normalized spacial score (nSPS) is 18.8. The van der Waals surface area contributed by atoms with Crippen LogP contribution in [0.1, 0.15) is 25.3 Å². The van der Waals surface area contributed by atoms with E-state index in [2.05, 4.69) is 0 Å². The molecule has 1 aromatic rings. The zero-order valence-corrected chi connectivity index (χ0v) is 11.5. The van der Waals surface area contributed by atoms with Crippen LogP contribution in [0.4, 0.5) is 4.39 Å². The smallest absolute Gasteiger partial charge is 0.137 e. The van der Waals surface area contributed by atoms with Crippen LogP contribution in [-0.2, 0) is 11.2 Å². The Hall–Kier alpha value is -0.580. The Labute approximate surface area is 112 Å². The first-order chi connectivity index (χ1) is 8.65. The number of rotatable bonds is 4. The van der Waals surface area contributed by atoms with Crippen molar-refractivity contribution in [2.75, 3.05) is 13.2 Å². The Bertz CT molecular complexity index is 391. The van der Waals surface area contributed by atoms with Gasteiger partial charge < -0.3 is 10.5 Å². The average molecular weight is 269 g/mol. The second kappa shape index (κ2) is 6.55. The summed E-state index contributed by atoms with van der Waals surface area (Å²) < 4.78 is 19.3. The number of hydrogen-bond donors (Lipinski definition) is 1. The minimum absolute atomic E-state index is 0.0680. The van der Waals surface area contributed by atoms with E-state index >= 15 is 0 Å². The van der Waals surface area contributed by atoms with Crippen LogP contribution < -0.4 is 5.73 Å². The van der Waals surface area contributed by atoms with Crippen molar-refractivity contribution in [1.29, 1.82) is 0 Å². The summed E-state index contributed by atoms with van der Waals surface area (Å²) >= 11 is 1.63. The molecule has 1 unspecified atom stereocenters. The van der Waals surface area contributed by atoms with Gasteiger partial charge in [0.1, 0.15) is 5.82 Å². The maximum Gasteiger partial charge on any atom is 0.137 e. The van der Waals surface area contributed by atoms with Crippen LogP contribution in [0.3, 0.4) is 0 Å². The summed E-state index contributed by atoms with van der Waals surface area (Å²) in [4.78, 5) is 0.746. The van der Waals surface area contributed by atoms with Gasteiger partial charge >= 0.3 is 0 Å². The van der Waals surface area contributed by atoms with E-state index in [0.717, 1.165) is 42.9 Å². The predicted octanol–water partition coefficient (Wildman–Crippen LogP) is 2.99. The lowest BCUT2D eigenvalue weighted by Gasteiger charge is -2.21. The van der Waals surface area contributed by atoms with Gasteiger partial charge in [-0.15, -0.1) is 11.8 Å². The van der Waals surface area contributed by atoms with Gasteiger partial charge in [0, 0.05) is 29.4 Å². The highest BCUT2D eigenvalue weighted by atomic mass is 32.2. The van der Waals surface area contributed by atoms with Crippen LogP contribution in [0.2, 0.25) is 0 Å². The van der Waals surface area contributed by atoms with Crippen LogP contribution >= 0.6 is 11.8 Å². The fourth-order valence-electron chi connectivity index (χ4n) is 2.11. The Morgan fingerprint density at radius 2 is 2.17 bits per heavy atom. The van der Waals surface area contributed by atoms with E-state index in [1.807, 2.05) is 19.1 Å². The number of hydrogen-bond acceptors (Lipinski definition) is 3. The van der Waals surface area contributed by atoms with Crippen LogP contribution in [-0.4, -0.2) is 24.5 Å². The molecule has 0 saturated carbocycles. The Balaban J connectivity index is 2.00. The lowest BCUT2D eigenvalue weighted by molar-refractivity contribution is 0.1000. The molecule has 2 N–H and O–H groups in total. The monoisotopic (exact) mass is 269 g/mol. The van der Waals surface area contributed by atoms with E-state index in [9.17, 15) is 4.39 Å². The molecule has 0 aliphatic carbocycles. The maximum atomic E-state index is 14.0. The number of thioether (sulfide) groups is 1. The largest absolute Gasteiger partial charge is 0.381 e. The van der Waals surface area contributed by atoms with Crippen molar-refractivity contribution in [3.8, 4) is 0 Å². The second-order valence-electron chi connectivity index (χ2n) is 4.88. The third kappa shape index (κ3) is 3.97. The number of benzene rings is 1. The third-order valence-corrected chi connectivity index (χ3v) is 4.41. The van der Waals surface area contributed by atoms with Gasteiger partial charge in [-0.25, -0.2) is 4.39 Å². The molecule has 0 amide bonds. The quantitative estimate of drug-likeness (QED) is 0.912. The molecule has 1 fully saturated rings. The molecule has 2 rings (SSSR count). The van der Waals surface area contributed by atoms with Crippen molar-refractivity contribution < 1.29 is 9.13 Å². The van der Waals surface area contributed by atoms with E-state index in [0.29, 0.717) is 5.25 Å². The van der Waals surface area contributed by atoms with Gasteiger partial charge in [0.25, 0.3) is 0 Å². The molecule has 100 valence electrons. The van der Waals surface area contributed by atoms with Crippen LogP contribution in [0.5, 0.6) is 0 Å². The molecule has 1 aliphatic heterocycles. The van der Waals surface area contributed by atoms with Crippen molar-refractivity contribution in [2.24, 2.45) is 5.73 Å². The second-order valence-corrected chi connectivity index (χ2v) is 6.22. The zero-order valence-electron chi connectivity index (χ0n) is 10.7. The average Bonchev–Trinajstić information content (AvgIpc) is 2.33. The van der Waals surface area contributed by atoms with Crippen molar-refractivity contribution in [3.05, 3.63) is 29.6 Å². The van der Waals surface area contributed by atoms with Crippen molar-refractivity contribution in [1.82, 2.24) is 0 Å². The molecule has 0 aromatic heterocycles. The molecule has 0 radical (unpaired) electrons. The first kappa shape index (κ1) is 13.8. The first-order valence-electron chi connectivity index (χ1n) is 6.43. The predicted molar refractivity (Wildman–Crippen MR) is 73.5 cm³/mol. The van der Waals surface area contributed by atoms with Crippen molar-refractivity contribution >= 4 is 11.8 Å². The molecule has 1 saturated heterocycles. The highest BCUT2D eigenvalue weighted by Crippen LogP contribution is 2.31. The van der Waals surface area contributed by atoms with Crippen molar-refractivity contribution in [3.63, 3.8) is 0 Å². The first-order valence-corrected chi connectivity index (χ1v) is 7.31. The molecule has 18 heavy (non-hydrogen) atoms. The fourth-order valence-corrected chi connectivity index (χ4v) is 3.22. The van der Waals surface area contributed by atoms with Gasteiger partial charge in [0.05, 0.1) is 0 Å². The molecule has 1 aromatic carbocycles. The summed E-state index contributed by atoms with van der Waals surface area (Å²) in [7, 11) is 0. The Morgan fingerprint density at radius 3 is 2.78 bits per heavy atom. The summed E-state index contributed by atoms with van der Waals surface area (Å²) in [5.41, 5.74) is 6.69. The van der Waals surface area contributed by atoms with Crippen LogP contribution in [0.15, 0.2) is 23.1 Å². The number of halogens is 1. The Morgan fingerprint density at radius 1 is 1.44 bits per heavy atom. The van der Waals surface area contributed by atoms with Crippen LogP contribution in [0, 0.1) is 5.82 Å². The summed E-state index contributed by atoms with van der Waals surface area (Å²) in [5.74, 6) is -0.121. The summed E-state index contributed by atoms with van der Waals surface area (Å²) in [6.07, 6.45) is 2.73. The topological polar surface area (TPSA) is 35.2 Å². The SMILES string of the molecule is CC(N)Cc1ccc(SC2CCOCC2)c(F)c1. The van der Waals surface area contributed by atoms with E-state index in [-0.39, 0.29) is 11.9 Å². The lowest BCUT2D eigenvalue weighted by Crippen LogP contribution is -2.18. The minimum Gasteiger partial charge on any atom is -0.381 e. The molecule has 1 aliphatic rings. The molecule has 2 nitrogen and oxygen atoms in total. The van der Waals surface area contributed by atoms with Crippen molar-refractivity contribution in [2.45, 2.75) is 42.4 Å².